The van der Waals surface area contributed by atoms with Crippen molar-refractivity contribution >= 4 is 0 Å². The number of benzene rings is 2. The molecule has 4 nitrogen and oxygen atoms in total. The van der Waals surface area contributed by atoms with Gasteiger partial charge in [-0.2, -0.15) is 18.3 Å². The maximum Gasteiger partial charge on any atom is 0.417 e. The van der Waals surface area contributed by atoms with E-state index in [2.05, 4.69) is 20.2 Å². The molecular weight excluding hydrogens is 372 g/mol. The van der Waals surface area contributed by atoms with Crippen molar-refractivity contribution in [1.29, 1.82) is 0 Å². The number of nitrogens with one attached hydrogen (secondary N) is 1. The molecule has 0 fully saturated rings. The van der Waals surface area contributed by atoms with Gasteiger partial charge in [0.1, 0.15) is 5.82 Å². The van der Waals surface area contributed by atoms with Crippen LogP contribution >= 0.6 is 0 Å². The van der Waals surface area contributed by atoms with Crippen molar-refractivity contribution in [3.63, 3.8) is 0 Å². The molecule has 0 bridgehead atoms. The molecule has 2 heterocycles. The monoisotopic (exact) mass is 384 g/mol. The van der Waals surface area contributed by atoms with E-state index in [0.29, 0.717) is 16.7 Å². The van der Waals surface area contributed by atoms with Crippen LogP contribution in [0.25, 0.3) is 33.9 Å². The van der Waals surface area contributed by atoms with Gasteiger partial charge in [-0.25, -0.2) is 9.37 Å². The highest BCUT2D eigenvalue weighted by atomic mass is 19.4. The normalized spacial score (nSPS) is 11.6. The average molecular weight is 384 g/mol. The zero-order valence-electron chi connectivity index (χ0n) is 14.2. The smallest absolute Gasteiger partial charge is 0.264 e. The average Bonchev–Trinajstić information content (AvgIpc) is 3.18. The minimum Gasteiger partial charge on any atom is -0.264 e. The van der Waals surface area contributed by atoms with Crippen molar-refractivity contribution in [2.24, 2.45) is 0 Å². The van der Waals surface area contributed by atoms with Gasteiger partial charge in [0, 0.05) is 29.1 Å². The predicted octanol–water partition coefficient (Wildman–Crippen LogP) is 5.36. The molecular formula is C20H12F4N4. The lowest BCUT2D eigenvalue weighted by molar-refractivity contribution is -0.137. The summed E-state index contributed by atoms with van der Waals surface area (Å²) in [7, 11) is 0. The van der Waals surface area contributed by atoms with E-state index in [1.54, 1.807) is 36.4 Å². The standard InChI is InChI=1S/C20H12F4N4/c21-17-10-13(6-7-14(17)12-4-2-1-3-5-12)18-26-19(28-27-18)15-11-25-9-8-16(15)20(22,23)24/h1-11H,(H,26,27,28). The number of aromatic amines is 1. The van der Waals surface area contributed by atoms with E-state index in [1.807, 2.05) is 6.07 Å². The lowest BCUT2D eigenvalue weighted by Gasteiger charge is -2.09. The summed E-state index contributed by atoms with van der Waals surface area (Å²) in [6.45, 7) is 0. The molecule has 4 aromatic rings. The summed E-state index contributed by atoms with van der Waals surface area (Å²) in [5.74, 6) is -0.485. The fraction of sp³-hybridized carbons (Fsp3) is 0.0500. The lowest BCUT2D eigenvalue weighted by atomic mass is 10.0. The molecule has 0 spiro atoms. The molecule has 0 unspecified atom stereocenters. The second-order valence-electron chi connectivity index (χ2n) is 5.99. The Morgan fingerprint density at radius 2 is 1.64 bits per heavy atom. The number of hydrogen-bond acceptors (Lipinski definition) is 3. The topological polar surface area (TPSA) is 54.5 Å². The van der Waals surface area contributed by atoms with E-state index in [1.165, 1.54) is 6.07 Å². The van der Waals surface area contributed by atoms with Crippen LogP contribution in [0.5, 0.6) is 0 Å². The fourth-order valence-electron chi connectivity index (χ4n) is 2.85. The summed E-state index contributed by atoms with van der Waals surface area (Å²) in [6.07, 6.45) is -2.44. The van der Waals surface area contributed by atoms with Gasteiger partial charge in [-0.05, 0) is 17.7 Å². The summed E-state index contributed by atoms with van der Waals surface area (Å²) >= 11 is 0. The highest BCUT2D eigenvalue weighted by Gasteiger charge is 2.34. The van der Waals surface area contributed by atoms with Gasteiger partial charge in [0.05, 0.1) is 5.56 Å². The summed E-state index contributed by atoms with van der Waals surface area (Å²) < 4.78 is 54.1. The van der Waals surface area contributed by atoms with Crippen molar-refractivity contribution in [3.8, 4) is 33.9 Å². The number of nitrogens with zero attached hydrogens (tertiary/aromatic N) is 3. The molecule has 140 valence electrons. The van der Waals surface area contributed by atoms with Crippen LogP contribution in [0, 0.1) is 5.82 Å². The third kappa shape index (κ3) is 3.36. The van der Waals surface area contributed by atoms with Crippen molar-refractivity contribution in [3.05, 3.63) is 78.4 Å². The van der Waals surface area contributed by atoms with Crippen LogP contribution in [0.1, 0.15) is 5.56 Å². The molecule has 0 aliphatic heterocycles. The first-order valence-electron chi connectivity index (χ1n) is 8.23. The molecule has 0 aliphatic carbocycles. The molecule has 0 atom stereocenters. The zero-order chi connectivity index (χ0) is 19.7. The van der Waals surface area contributed by atoms with Crippen LogP contribution < -0.4 is 0 Å². The second-order valence-corrected chi connectivity index (χ2v) is 5.99. The van der Waals surface area contributed by atoms with E-state index in [9.17, 15) is 17.6 Å². The first-order valence-corrected chi connectivity index (χ1v) is 8.23. The van der Waals surface area contributed by atoms with Gasteiger partial charge in [-0.1, -0.05) is 42.5 Å². The maximum absolute atomic E-state index is 14.5. The van der Waals surface area contributed by atoms with Gasteiger partial charge in [-0.15, -0.1) is 0 Å². The maximum atomic E-state index is 14.5. The van der Waals surface area contributed by atoms with E-state index >= 15 is 0 Å². The Bertz CT molecular complexity index is 1120. The Hall–Kier alpha value is -3.55. The summed E-state index contributed by atoms with van der Waals surface area (Å²) in [4.78, 5) is 7.82. The first-order chi connectivity index (χ1) is 13.4. The lowest BCUT2D eigenvalue weighted by Crippen LogP contribution is -2.07. The SMILES string of the molecule is Fc1cc(-c2n[nH]c(-c3cnccc3C(F)(F)F)n2)ccc1-c1ccccc1. The van der Waals surface area contributed by atoms with Crippen LogP contribution in [-0.4, -0.2) is 20.2 Å². The largest absolute Gasteiger partial charge is 0.417 e. The molecule has 0 radical (unpaired) electrons. The van der Waals surface area contributed by atoms with Crippen LogP contribution in [0.15, 0.2) is 67.0 Å². The minimum atomic E-state index is -4.56. The van der Waals surface area contributed by atoms with Crippen LogP contribution in [0.2, 0.25) is 0 Å². The van der Waals surface area contributed by atoms with E-state index in [-0.39, 0.29) is 17.2 Å². The molecule has 2 aromatic heterocycles. The van der Waals surface area contributed by atoms with Gasteiger partial charge in [-0.3, -0.25) is 10.1 Å². The first kappa shape index (κ1) is 17.8. The Morgan fingerprint density at radius 1 is 0.857 bits per heavy atom. The molecule has 0 saturated carbocycles. The third-order valence-electron chi connectivity index (χ3n) is 4.18. The summed E-state index contributed by atoms with van der Waals surface area (Å²) in [6, 6.07) is 14.3. The highest BCUT2D eigenvalue weighted by molar-refractivity contribution is 5.69. The van der Waals surface area contributed by atoms with Gasteiger partial charge in [0.25, 0.3) is 0 Å². The van der Waals surface area contributed by atoms with Gasteiger partial charge >= 0.3 is 6.18 Å². The quantitative estimate of drug-likeness (QED) is 0.484. The third-order valence-corrected chi connectivity index (χ3v) is 4.18. The van der Waals surface area contributed by atoms with Crippen molar-refractivity contribution in [2.75, 3.05) is 0 Å². The molecule has 0 aliphatic rings. The van der Waals surface area contributed by atoms with E-state index < -0.39 is 17.6 Å². The second kappa shape index (κ2) is 6.88. The Kier molecular flexibility index (Phi) is 4.38. The summed E-state index contributed by atoms with van der Waals surface area (Å²) in [5, 5.41) is 6.41. The zero-order valence-corrected chi connectivity index (χ0v) is 14.2. The number of pyridine rings is 1. The Morgan fingerprint density at radius 3 is 2.36 bits per heavy atom. The van der Waals surface area contributed by atoms with Crippen molar-refractivity contribution in [1.82, 2.24) is 20.2 Å². The van der Waals surface area contributed by atoms with Gasteiger partial charge < -0.3 is 0 Å². The Balaban J connectivity index is 1.71. The van der Waals surface area contributed by atoms with E-state index in [0.717, 1.165) is 18.5 Å². The van der Waals surface area contributed by atoms with E-state index in [4.69, 9.17) is 0 Å². The highest BCUT2D eigenvalue weighted by Crippen LogP contribution is 2.35. The van der Waals surface area contributed by atoms with Crippen molar-refractivity contribution in [2.45, 2.75) is 6.18 Å². The number of alkyl halides is 3. The molecule has 8 heteroatoms. The molecule has 0 saturated heterocycles. The summed E-state index contributed by atoms with van der Waals surface area (Å²) in [5.41, 5.74) is 0.363. The minimum absolute atomic E-state index is 0.0884. The van der Waals surface area contributed by atoms with Crippen LogP contribution in [0.3, 0.4) is 0 Å². The molecule has 28 heavy (non-hydrogen) atoms. The van der Waals surface area contributed by atoms with Crippen LogP contribution in [-0.2, 0) is 6.18 Å². The fourth-order valence-corrected chi connectivity index (χ4v) is 2.85. The number of rotatable bonds is 3. The molecule has 1 N–H and O–H groups in total. The molecule has 0 amide bonds. The van der Waals surface area contributed by atoms with Crippen LogP contribution in [0.4, 0.5) is 17.6 Å². The Labute approximate surface area is 156 Å². The predicted molar refractivity (Wildman–Crippen MR) is 95.4 cm³/mol. The molecule has 4 rings (SSSR count). The number of halogens is 4. The number of H-pyrrole nitrogens is 1. The molecule has 2 aromatic carbocycles. The van der Waals surface area contributed by atoms with Crippen molar-refractivity contribution < 1.29 is 17.6 Å². The number of aromatic nitrogens is 4. The van der Waals surface area contributed by atoms with Gasteiger partial charge in [0.2, 0.25) is 0 Å². The van der Waals surface area contributed by atoms with Gasteiger partial charge in [0.15, 0.2) is 11.6 Å². The number of hydrogen-bond donors (Lipinski definition) is 1.